The Morgan fingerprint density at radius 1 is 1.21 bits per heavy atom. The Morgan fingerprint density at radius 2 is 1.89 bits per heavy atom. The summed E-state index contributed by atoms with van der Waals surface area (Å²) in [7, 11) is 0. The van der Waals surface area contributed by atoms with Crippen LogP contribution in [0.15, 0.2) is 30.3 Å². The van der Waals surface area contributed by atoms with Crippen LogP contribution in [0.1, 0.15) is 25.7 Å². The van der Waals surface area contributed by atoms with Gasteiger partial charge in [0.1, 0.15) is 0 Å². The molecule has 1 amide bonds. The van der Waals surface area contributed by atoms with Gasteiger partial charge in [-0.05, 0) is 49.1 Å². The Hall–Kier alpha value is -1.22. The maximum absolute atomic E-state index is 11.8. The molecule has 0 aliphatic heterocycles. The summed E-state index contributed by atoms with van der Waals surface area (Å²) in [6, 6.07) is 9.84. The topological polar surface area (TPSA) is 41.1 Å². The fourth-order valence-electron chi connectivity index (χ4n) is 2.66. The minimum Gasteiger partial charge on any atom is -0.376 e. The molecular weight excluding hydrogens is 260 g/mol. The summed E-state index contributed by atoms with van der Waals surface area (Å²) in [6.07, 6.45) is 5.37. The van der Waals surface area contributed by atoms with Crippen LogP contribution in [0.2, 0.25) is 0 Å². The van der Waals surface area contributed by atoms with Crippen molar-refractivity contribution < 1.29 is 4.79 Å². The summed E-state index contributed by atoms with van der Waals surface area (Å²) in [5.74, 6) is 1.01. The molecule has 0 atom stereocenters. The van der Waals surface area contributed by atoms with Crippen molar-refractivity contribution >= 4 is 24.0 Å². The molecular formula is C15H21ClN2O. The number of hydrogen-bond donors (Lipinski definition) is 2. The smallest absolute Gasteiger partial charge is 0.239 e. The quantitative estimate of drug-likeness (QED) is 0.841. The first-order valence-corrected chi connectivity index (χ1v) is 6.84. The van der Waals surface area contributed by atoms with E-state index in [4.69, 9.17) is 0 Å². The first kappa shape index (κ1) is 14.2. The van der Waals surface area contributed by atoms with Crippen LogP contribution in [-0.2, 0) is 4.79 Å². The number of halogens is 1. The zero-order valence-electron chi connectivity index (χ0n) is 11.0. The van der Waals surface area contributed by atoms with Crippen LogP contribution >= 0.6 is 12.4 Å². The Labute approximate surface area is 120 Å². The Kier molecular flexibility index (Phi) is 4.35. The highest BCUT2D eigenvalue weighted by Crippen LogP contribution is 2.60. The summed E-state index contributed by atoms with van der Waals surface area (Å²) in [4.78, 5) is 11.8. The van der Waals surface area contributed by atoms with Gasteiger partial charge in [0.05, 0.1) is 6.54 Å². The molecule has 3 nitrogen and oxygen atoms in total. The third kappa shape index (κ3) is 3.63. The van der Waals surface area contributed by atoms with Gasteiger partial charge >= 0.3 is 0 Å². The summed E-state index contributed by atoms with van der Waals surface area (Å²) in [5.41, 5.74) is 1.48. The van der Waals surface area contributed by atoms with Crippen molar-refractivity contribution in [3.63, 3.8) is 0 Å². The van der Waals surface area contributed by atoms with E-state index in [1.165, 1.54) is 25.7 Å². The first-order chi connectivity index (χ1) is 8.78. The molecule has 2 N–H and O–H groups in total. The number of hydrogen-bond acceptors (Lipinski definition) is 2. The molecule has 0 spiro atoms. The van der Waals surface area contributed by atoms with Crippen molar-refractivity contribution in [1.82, 2.24) is 5.32 Å². The van der Waals surface area contributed by atoms with E-state index in [-0.39, 0.29) is 18.3 Å². The van der Waals surface area contributed by atoms with Gasteiger partial charge in [-0.15, -0.1) is 12.4 Å². The lowest BCUT2D eigenvalue weighted by Crippen LogP contribution is -2.35. The molecule has 104 valence electrons. The summed E-state index contributed by atoms with van der Waals surface area (Å²) in [5, 5.41) is 6.21. The van der Waals surface area contributed by atoms with Gasteiger partial charge in [-0.2, -0.15) is 0 Å². The number of benzene rings is 1. The van der Waals surface area contributed by atoms with E-state index in [2.05, 4.69) is 10.6 Å². The van der Waals surface area contributed by atoms with Crippen molar-refractivity contribution in [2.45, 2.75) is 25.7 Å². The summed E-state index contributed by atoms with van der Waals surface area (Å²) >= 11 is 0. The predicted molar refractivity (Wildman–Crippen MR) is 79.6 cm³/mol. The molecule has 2 aliphatic rings. The van der Waals surface area contributed by atoms with E-state index in [1.807, 2.05) is 30.3 Å². The van der Waals surface area contributed by atoms with Gasteiger partial charge in [-0.1, -0.05) is 18.2 Å². The molecule has 0 bridgehead atoms. The molecule has 1 aromatic rings. The number of carbonyl (C=O) groups excluding carboxylic acids is 1. The van der Waals surface area contributed by atoms with E-state index in [9.17, 15) is 4.79 Å². The molecule has 3 rings (SSSR count). The van der Waals surface area contributed by atoms with Gasteiger partial charge in [0.2, 0.25) is 5.91 Å². The highest BCUT2D eigenvalue weighted by molar-refractivity contribution is 5.85. The highest BCUT2D eigenvalue weighted by atomic mass is 35.5. The molecule has 4 heteroatoms. The third-order valence-electron chi connectivity index (χ3n) is 4.20. The number of amides is 1. The number of anilines is 1. The minimum atomic E-state index is 0. The Bertz CT molecular complexity index is 427. The van der Waals surface area contributed by atoms with Gasteiger partial charge < -0.3 is 10.6 Å². The lowest BCUT2D eigenvalue weighted by molar-refractivity contribution is -0.119. The standard InChI is InChI=1S/C15H20N2O.ClH/c18-14(10-16-13-4-2-1-3-5-13)17-11-15(8-9-15)12-6-7-12;/h1-5,12,16H,6-11H2,(H,17,18);1H. The van der Waals surface area contributed by atoms with Crippen molar-refractivity contribution in [2.75, 3.05) is 18.4 Å². The van der Waals surface area contributed by atoms with Crippen LogP contribution in [0.5, 0.6) is 0 Å². The highest BCUT2D eigenvalue weighted by Gasteiger charge is 2.53. The maximum Gasteiger partial charge on any atom is 0.239 e. The van der Waals surface area contributed by atoms with E-state index in [0.29, 0.717) is 12.0 Å². The molecule has 2 fully saturated rings. The van der Waals surface area contributed by atoms with Crippen molar-refractivity contribution in [2.24, 2.45) is 11.3 Å². The van der Waals surface area contributed by atoms with Gasteiger partial charge in [0.25, 0.3) is 0 Å². The molecule has 1 aromatic carbocycles. The molecule has 2 saturated carbocycles. The SMILES string of the molecule is Cl.O=C(CNc1ccccc1)NCC1(C2CC2)CC1. The van der Waals surface area contributed by atoms with Crippen molar-refractivity contribution in [1.29, 1.82) is 0 Å². The van der Waals surface area contributed by atoms with E-state index in [1.54, 1.807) is 0 Å². The zero-order valence-corrected chi connectivity index (χ0v) is 11.8. The van der Waals surface area contributed by atoms with Gasteiger partial charge in [-0.3, -0.25) is 4.79 Å². The monoisotopic (exact) mass is 280 g/mol. The predicted octanol–water partition coefficient (Wildman–Crippen LogP) is 2.83. The summed E-state index contributed by atoms with van der Waals surface area (Å²) in [6.45, 7) is 1.25. The fraction of sp³-hybridized carbons (Fsp3) is 0.533. The number of para-hydroxylation sites is 1. The Morgan fingerprint density at radius 3 is 2.47 bits per heavy atom. The number of nitrogens with one attached hydrogen (secondary N) is 2. The zero-order chi connectivity index (χ0) is 12.4. The number of rotatable bonds is 6. The van der Waals surface area contributed by atoms with Gasteiger partial charge in [-0.25, -0.2) is 0 Å². The van der Waals surface area contributed by atoms with Gasteiger partial charge in [0, 0.05) is 12.2 Å². The summed E-state index contributed by atoms with van der Waals surface area (Å²) < 4.78 is 0. The molecule has 0 heterocycles. The maximum atomic E-state index is 11.8. The average Bonchev–Trinajstić information content (AvgIpc) is 3.28. The Balaban J connectivity index is 0.00000133. The second kappa shape index (κ2) is 5.83. The average molecular weight is 281 g/mol. The molecule has 2 aliphatic carbocycles. The molecule has 0 unspecified atom stereocenters. The lowest BCUT2D eigenvalue weighted by Gasteiger charge is -2.15. The van der Waals surface area contributed by atoms with Crippen LogP contribution in [0, 0.1) is 11.3 Å². The molecule has 19 heavy (non-hydrogen) atoms. The first-order valence-electron chi connectivity index (χ1n) is 6.84. The van der Waals surface area contributed by atoms with Gasteiger partial charge in [0.15, 0.2) is 0 Å². The van der Waals surface area contributed by atoms with E-state index in [0.717, 1.165) is 18.2 Å². The van der Waals surface area contributed by atoms with E-state index >= 15 is 0 Å². The minimum absolute atomic E-state index is 0. The second-order valence-corrected chi connectivity index (χ2v) is 5.63. The molecule has 0 aromatic heterocycles. The van der Waals surface area contributed by atoms with E-state index < -0.39 is 0 Å². The normalized spacial score (nSPS) is 19.2. The van der Waals surface area contributed by atoms with Crippen LogP contribution in [0.3, 0.4) is 0 Å². The third-order valence-corrected chi connectivity index (χ3v) is 4.20. The van der Waals surface area contributed by atoms with Crippen LogP contribution in [0.4, 0.5) is 5.69 Å². The van der Waals surface area contributed by atoms with Crippen LogP contribution in [0.25, 0.3) is 0 Å². The lowest BCUT2D eigenvalue weighted by atomic mass is 10.0. The molecule has 0 saturated heterocycles. The largest absolute Gasteiger partial charge is 0.376 e. The molecule has 0 radical (unpaired) electrons. The van der Waals surface area contributed by atoms with Crippen LogP contribution < -0.4 is 10.6 Å². The number of carbonyl (C=O) groups is 1. The van der Waals surface area contributed by atoms with Crippen LogP contribution in [-0.4, -0.2) is 19.0 Å². The van der Waals surface area contributed by atoms with Crippen molar-refractivity contribution in [3.05, 3.63) is 30.3 Å². The fourth-order valence-corrected chi connectivity index (χ4v) is 2.66. The van der Waals surface area contributed by atoms with Crippen molar-refractivity contribution in [3.8, 4) is 0 Å². The second-order valence-electron chi connectivity index (χ2n) is 5.63.